The van der Waals surface area contributed by atoms with Crippen LogP contribution in [0.15, 0.2) is 0 Å². The Morgan fingerprint density at radius 2 is 1.89 bits per heavy atom. The quantitative estimate of drug-likeness (QED) is 0.635. The second-order valence-electron chi connectivity index (χ2n) is 5.43. The Morgan fingerprint density at radius 3 is 2.47 bits per heavy atom. The van der Waals surface area contributed by atoms with Gasteiger partial charge in [-0.2, -0.15) is 0 Å². The molecule has 0 bridgehead atoms. The number of amides is 1. The number of carbonyl (C=O) groups is 1. The van der Waals surface area contributed by atoms with E-state index in [2.05, 4.69) is 29.4 Å². The van der Waals surface area contributed by atoms with Crippen molar-refractivity contribution in [3.63, 3.8) is 0 Å². The first kappa shape index (κ1) is 16.4. The normalized spacial score (nSPS) is 25.5. The van der Waals surface area contributed by atoms with Gasteiger partial charge in [0.1, 0.15) is 0 Å². The Bertz CT molecular complexity index is 263. The van der Waals surface area contributed by atoms with Gasteiger partial charge in [0, 0.05) is 38.8 Å². The predicted molar refractivity (Wildman–Crippen MR) is 77.2 cm³/mol. The van der Waals surface area contributed by atoms with E-state index in [1.54, 1.807) is 7.11 Å². The van der Waals surface area contributed by atoms with Crippen LogP contribution in [0.4, 0.5) is 0 Å². The molecular weight excluding hydrogens is 242 g/mol. The third kappa shape index (κ3) is 5.09. The van der Waals surface area contributed by atoms with Crippen LogP contribution in [0.3, 0.4) is 0 Å². The summed E-state index contributed by atoms with van der Waals surface area (Å²) >= 11 is 0. The van der Waals surface area contributed by atoms with Gasteiger partial charge in [0.05, 0.1) is 12.6 Å². The molecule has 0 aromatic heterocycles. The molecule has 1 saturated heterocycles. The zero-order valence-electron chi connectivity index (χ0n) is 12.7. The highest BCUT2D eigenvalue weighted by Crippen LogP contribution is 2.25. The lowest BCUT2D eigenvalue weighted by Gasteiger charge is -2.31. The van der Waals surface area contributed by atoms with Crippen molar-refractivity contribution in [3.8, 4) is 0 Å². The summed E-state index contributed by atoms with van der Waals surface area (Å²) in [5.74, 6) is 0.133. The van der Waals surface area contributed by atoms with E-state index >= 15 is 0 Å². The average molecular weight is 271 g/mol. The van der Waals surface area contributed by atoms with Gasteiger partial charge in [-0.15, -0.1) is 0 Å². The number of carbonyl (C=O) groups excluding carboxylic acids is 1. The Balaban J connectivity index is 2.21. The Labute approximate surface area is 117 Å². The monoisotopic (exact) mass is 271 g/mol. The van der Waals surface area contributed by atoms with Crippen LogP contribution in [0.5, 0.6) is 0 Å². The first-order chi connectivity index (χ1) is 9.07. The van der Waals surface area contributed by atoms with Gasteiger partial charge in [0.25, 0.3) is 0 Å². The summed E-state index contributed by atoms with van der Waals surface area (Å²) in [5.41, 5.74) is 0. The van der Waals surface area contributed by atoms with Crippen LogP contribution >= 0.6 is 0 Å². The molecule has 1 heterocycles. The van der Waals surface area contributed by atoms with Gasteiger partial charge < -0.3 is 15.4 Å². The minimum atomic E-state index is -0.0357. The van der Waals surface area contributed by atoms with Crippen LogP contribution in [0.2, 0.25) is 0 Å². The van der Waals surface area contributed by atoms with Crippen molar-refractivity contribution in [1.29, 1.82) is 0 Å². The number of ether oxygens (including phenoxy) is 1. The number of nitrogens with zero attached hydrogens (tertiary/aromatic N) is 1. The van der Waals surface area contributed by atoms with E-state index in [-0.39, 0.29) is 11.9 Å². The van der Waals surface area contributed by atoms with Gasteiger partial charge >= 0.3 is 0 Å². The van der Waals surface area contributed by atoms with Crippen molar-refractivity contribution in [1.82, 2.24) is 15.5 Å². The SMILES string of the molecule is COCCNCCNC(=O)C(C)N1C(C)CCC1C. The predicted octanol–water partition coefficient (Wildman–Crippen LogP) is 0.600. The van der Waals surface area contributed by atoms with E-state index in [0.717, 1.165) is 13.1 Å². The molecular formula is C14H29N3O2. The highest BCUT2D eigenvalue weighted by Gasteiger charge is 2.33. The third-order valence-corrected chi connectivity index (χ3v) is 3.93. The molecule has 2 N–H and O–H groups in total. The maximum atomic E-state index is 12.1. The lowest BCUT2D eigenvalue weighted by molar-refractivity contribution is -0.126. The topological polar surface area (TPSA) is 53.6 Å². The van der Waals surface area contributed by atoms with E-state index in [0.29, 0.717) is 25.2 Å². The molecule has 1 aliphatic heterocycles. The van der Waals surface area contributed by atoms with E-state index in [1.807, 2.05) is 6.92 Å². The fraction of sp³-hybridized carbons (Fsp3) is 0.929. The number of hydrogen-bond acceptors (Lipinski definition) is 4. The molecule has 0 saturated carbocycles. The standard InChI is InChI=1S/C14H29N3O2/c1-11-5-6-12(2)17(11)13(3)14(18)16-8-7-15-9-10-19-4/h11-13,15H,5-10H2,1-4H3,(H,16,18). The Kier molecular flexibility index (Phi) is 7.34. The molecule has 1 fully saturated rings. The molecule has 5 heteroatoms. The summed E-state index contributed by atoms with van der Waals surface area (Å²) in [6.07, 6.45) is 2.38. The number of hydrogen-bond donors (Lipinski definition) is 2. The molecule has 5 nitrogen and oxygen atoms in total. The van der Waals surface area contributed by atoms with Gasteiger partial charge in [-0.05, 0) is 33.6 Å². The van der Waals surface area contributed by atoms with E-state index in [1.165, 1.54) is 12.8 Å². The molecule has 19 heavy (non-hydrogen) atoms. The molecule has 112 valence electrons. The zero-order valence-corrected chi connectivity index (χ0v) is 12.7. The van der Waals surface area contributed by atoms with Crippen molar-refractivity contribution in [2.24, 2.45) is 0 Å². The molecule has 0 aromatic carbocycles. The van der Waals surface area contributed by atoms with Gasteiger partial charge in [0.15, 0.2) is 0 Å². The Morgan fingerprint density at radius 1 is 1.26 bits per heavy atom. The highest BCUT2D eigenvalue weighted by molar-refractivity contribution is 5.81. The summed E-state index contributed by atoms with van der Waals surface area (Å²) in [6, 6.07) is 0.984. The van der Waals surface area contributed by atoms with Crippen molar-refractivity contribution in [2.75, 3.05) is 33.4 Å². The molecule has 0 spiro atoms. The first-order valence-corrected chi connectivity index (χ1v) is 7.32. The largest absolute Gasteiger partial charge is 0.383 e. The number of methoxy groups -OCH3 is 1. The lowest BCUT2D eigenvalue weighted by atomic mass is 10.2. The smallest absolute Gasteiger partial charge is 0.237 e. The van der Waals surface area contributed by atoms with Gasteiger partial charge in [-0.1, -0.05) is 0 Å². The summed E-state index contributed by atoms with van der Waals surface area (Å²) in [7, 11) is 1.68. The van der Waals surface area contributed by atoms with Crippen molar-refractivity contribution in [2.45, 2.75) is 51.7 Å². The highest BCUT2D eigenvalue weighted by atomic mass is 16.5. The summed E-state index contributed by atoms with van der Waals surface area (Å²) in [6.45, 7) is 9.40. The molecule has 1 rings (SSSR count). The minimum Gasteiger partial charge on any atom is -0.383 e. The first-order valence-electron chi connectivity index (χ1n) is 7.32. The summed E-state index contributed by atoms with van der Waals surface area (Å²) in [4.78, 5) is 14.4. The zero-order chi connectivity index (χ0) is 14.3. The maximum absolute atomic E-state index is 12.1. The van der Waals surface area contributed by atoms with Crippen LogP contribution in [-0.2, 0) is 9.53 Å². The van der Waals surface area contributed by atoms with Crippen molar-refractivity contribution < 1.29 is 9.53 Å². The maximum Gasteiger partial charge on any atom is 0.237 e. The van der Waals surface area contributed by atoms with Gasteiger partial charge in [-0.3, -0.25) is 9.69 Å². The van der Waals surface area contributed by atoms with Crippen LogP contribution in [-0.4, -0.2) is 62.3 Å². The van der Waals surface area contributed by atoms with E-state index < -0.39 is 0 Å². The van der Waals surface area contributed by atoms with Gasteiger partial charge in [-0.25, -0.2) is 0 Å². The number of rotatable bonds is 8. The second kappa shape index (κ2) is 8.51. The van der Waals surface area contributed by atoms with Crippen LogP contribution < -0.4 is 10.6 Å². The van der Waals surface area contributed by atoms with Crippen LogP contribution in [0.25, 0.3) is 0 Å². The minimum absolute atomic E-state index is 0.0357. The fourth-order valence-electron chi connectivity index (χ4n) is 2.83. The number of nitrogens with one attached hydrogen (secondary N) is 2. The van der Waals surface area contributed by atoms with Gasteiger partial charge in [0.2, 0.25) is 5.91 Å². The summed E-state index contributed by atoms with van der Waals surface area (Å²) in [5, 5.41) is 6.21. The van der Waals surface area contributed by atoms with Crippen molar-refractivity contribution in [3.05, 3.63) is 0 Å². The molecule has 3 unspecified atom stereocenters. The lowest BCUT2D eigenvalue weighted by Crippen LogP contribution is -2.50. The average Bonchev–Trinajstić information content (AvgIpc) is 2.72. The molecule has 1 aliphatic rings. The van der Waals surface area contributed by atoms with Crippen molar-refractivity contribution >= 4 is 5.91 Å². The van der Waals surface area contributed by atoms with Crippen LogP contribution in [0.1, 0.15) is 33.6 Å². The molecule has 0 aliphatic carbocycles. The Hall–Kier alpha value is -0.650. The summed E-state index contributed by atoms with van der Waals surface area (Å²) < 4.78 is 4.94. The molecule has 1 amide bonds. The van der Waals surface area contributed by atoms with Crippen LogP contribution in [0, 0.1) is 0 Å². The number of likely N-dealkylation sites (tertiary alicyclic amines) is 1. The molecule has 0 radical (unpaired) electrons. The fourth-order valence-corrected chi connectivity index (χ4v) is 2.83. The second-order valence-corrected chi connectivity index (χ2v) is 5.43. The molecule has 3 atom stereocenters. The van der Waals surface area contributed by atoms with E-state index in [4.69, 9.17) is 4.74 Å². The van der Waals surface area contributed by atoms with E-state index in [9.17, 15) is 4.79 Å². The third-order valence-electron chi connectivity index (χ3n) is 3.93. The molecule has 0 aromatic rings.